The summed E-state index contributed by atoms with van der Waals surface area (Å²) in [4.78, 5) is 9.81. The molecule has 0 atom stereocenters. The number of nitrogens with one attached hydrogen (secondary N) is 1. The van der Waals surface area contributed by atoms with Crippen LogP contribution in [0.15, 0.2) is 28.2 Å². The van der Waals surface area contributed by atoms with Crippen LogP contribution in [0.5, 0.6) is 0 Å². The summed E-state index contributed by atoms with van der Waals surface area (Å²) in [6, 6.07) is 3.97. The fourth-order valence-electron chi connectivity index (χ4n) is 1.54. The highest BCUT2D eigenvalue weighted by atomic mass is 32.1. The van der Waals surface area contributed by atoms with E-state index >= 15 is 0 Å². The quantitative estimate of drug-likeness (QED) is 0.780. The molecule has 5 nitrogen and oxygen atoms in total. The van der Waals surface area contributed by atoms with E-state index in [1.165, 1.54) is 11.5 Å². The molecule has 19 heavy (non-hydrogen) atoms. The van der Waals surface area contributed by atoms with Crippen LogP contribution >= 0.6 is 22.9 Å². The van der Waals surface area contributed by atoms with Crippen LogP contribution in [-0.4, -0.2) is 14.3 Å². The molecule has 0 aromatic carbocycles. The van der Waals surface area contributed by atoms with Crippen molar-refractivity contribution in [2.75, 3.05) is 5.32 Å². The van der Waals surface area contributed by atoms with Gasteiger partial charge in [0.2, 0.25) is 11.0 Å². The minimum atomic E-state index is 0.590. The third kappa shape index (κ3) is 2.82. The lowest BCUT2D eigenvalue weighted by Crippen LogP contribution is -1.99. The second-order valence-corrected chi connectivity index (χ2v) is 5.54. The van der Waals surface area contributed by atoms with E-state index in [0.717, 1.165) is 27.9 Å². The van der Waals surface area contributed by atoms with Gasteiger partial charge in [0.05, 0.1) is 17.1 Å². The summed E-state index contributed by atoms with van der Waals surface area (Å²) in [7, 11) is 0. The van der Waals surface area contributed by atoms with E-state index in [2.05, 4.69) is 19.7 Å². The average Bonchev–Trinajstić information content (AvgIpc) is 3.16. The highest BCUT2D eigenvalue weighted by molar-refractivity contribution is 7.13. The molecular formula is C12H12N4OS2. The molecule has 3 aromatic rings. The van der Waals surface area contributed by atoms with Crippen LogP contribution in [0, 0.1) is 0 Å². The van der Waals surface area contributed by atoms with E-state index in [-0.39, 0.29) is 0 Å². The van der Waals surface area contributed by atoms with Gasteiger partial charge in [-0.2, -0.15) is 4.37 Å². The van der Waals surface area contributed by atoms with Crippen molar-refractivity contribution in [2.24, 2.45) is 0 Å². The van der Waals surface area contributed by atoms with Crippen LogP contribution in [0.2, 0.25) is 0 Å². The van der Waals surface area contributed by atoms with E-state index in [9.17, 15) is 0 Å². The molecule has 0 unspecified atom stereocenters. The molecule has 0 aliphatic rings. The van der Waals surface area contributed by atoms with Gasteiger partial charge in [0.25, 0.3) is 0 Å². The van der Waals surface area contributed by atoms with Gasteiger partial charge in [-0.15, -0.1) is 11.3 Å². The van der Waals surface area contributed by atoms with Gasteiger partial charge in [-0.25, -0.2) is 9.97 Å². The normalized spacial score (nSPS) is 10.8. The molecule has 0 radical (unpaired) electrons. The Bertz CT molecular complexity index is 644. The minimum Gasteiger partial charge on any atom is -0.443 e. The molecule has 0 saturated carbocycles. The van der Waals surface area contributed by atoms with Gasteiger partial charge in [-0.05, 0) is 11.4 Å². The first kappa shape index (κ1) is 12.3. The molecule has 1 N–H and O–H groups in total. The van der Waals surface area contributed by atoms with Gasteiger partial charge in [0, 0.05) is 18.0 Å². The topological polar surface area (TPSA) is 63.8 Å². The zero-order valence-electron chi connectivity index (χ0n) is 10.3. The summed E-state index contributed by atoms with van der Waals surface area (Å²) < 4.78 is 9.67. The number of rotatable bonds is 5. The van der Waals surface area contributed by atoms with Crippen LogP contribution in [0.4, 0.5) is 5.13 Å². The minimum absolute atomic E-state index is 0.590. The number of hydrogen-bond donors (Lipinski definition) is 1. The van der Waals surface area contributed by atoms with Crippen molar-refractivity contribution < 1.29 is 4.42 Å². The number of aromatic nitrogens is 3. The zero-order valence-corrected chi connectivity index (χ0v) is 11.9. The maximum absolute atomic E-state index is 5.45. The maximum Gasteiger partial charge on any atom is 0.236 e. The molecule has 0 amide bonds. The standard InChI is InChI=1S/C12H12N4OS2/c1-2-10-15-12(19-16-10)13-6-8-7-17-11(14-8)9-4-3-5-18-9/h3-5,7H,2,6H2,1H3,(H,13,15,16). The molecule has 0 spiro atoms. The molecular weight excluding hydrogens is 280 g/mol. The Balaban J connectivity index is 1.64. The monoisotopic (exact) mass is 292 g/mol. The van der Waals surface area contributed by atoms with Crippen LogP contribution in [0.1, 0.15) is 18.4 Å². The van der Waals surface area contributed by atoms with E-state index in [1.54, 1.807) is 17.6 Å². The van der Waals surface area contributed by atoms with E-state index in [0.29, 0.717) is 12.4 Å². The Labute approximate surface area is 118 Å². The van der Waals surface area contributed by atoms with Gasteiger partial charge in [0.15, 0.2) is 0 Å². The lowest BCUT2D eigenvalue weighted by Gasteiger charge is -1.96. The van der Waals surface area contributed by atoms with Crippen molar-refractivity contribution in [1.29, 1.82) is 0 Å². The highest BCUT2D eigenvalue weighted by Crippen LogP contribution is 2.24. The summed E-state index contributed by atoms with van der Waals surface area (Å²) in [5.74, 6) is 1.53. The number of hydrogen-bond acceptors (Lipinski definition) is 7. The maximum atomic E-state index is 5.45. The average molecular weight is 292 g/mol. The van der Waals surface area contributed by atoms with Gasteiger partial charge in [-0.1, -0.05) is 13.0 Å². The molecule has 0 aliphatic carbocycles. The number of oxazole rings is 1. The molecule has 7 heteroatoms. The van der Waals surface area contributed by atoms with Crippen LogP contribution < -0.4 is 5.32 Å². The number of thiophene rings is 1. The number of aryl methyl sites for hydroxylation is 1. The van der Waals surface area contributed by atoms with E-state index in [4.69, 9.17) is 4.42 Å². The van der Waals surface area contributed by atoms with E-state index in [1.807, 2.05) is 24.4 Å². The zero-order chi connectivity index (χ0) is 13.1. The number of nitrogens with zero attached hydrogens (tertiary/aromatic N) is 3. The predicted octanol–water partition coefficient (Wildman–Crippen LogP) is 3.43. The van der Waals surface area contributed by atoms with Crippen molar-refractivity contribution in [1.82, 2.24) is 14.3 Å². The van der Waals surface area contributed by atoms with Crippen molar-refractivity contribution in [3.05, 3.63) is 35.3 Å². The van der Waals surface area contributed by atoms with Crippen LogP contribution in [0.3, 0.4) is 0 Å². The SMILES string of the molecule is CCc1nsc(NCc2coc(-c3cccs3)n2)n1. The van der Waals surface area contributed by atoms with Crippen molar-refractivity contribution in [3.8, 4) is 10.8 Å². The summed E-state index contributed by atoms with van der Waals surface area (Å²) in [5.41, 5.74) is 0.858. The van der Waals surface area contributed by atoms with Crippen LogP contribution in [-0.2, 0) is 13.0 Å². The van der Waals surface area contributed by atoms with Crippen molar-refractivity contribution >= 4 is 28.0 Å². The Kier molecular flexibility index (Phi) is 3.56. The molecule has 0 fully saturated rings. The molecule has 3 aromatic heterocycles. The number of anilines is 1. The predicted molar refractivity (Wildman–Crippen MR) is 76.4 cm³/mol. The third-order valence-electron chi connectivity index (χ3n) is 2.49. The Hall–Kier alpha value is -1.73. The molecule has 0 saturated heterocycles. The molecule has 0 aliphatic heterocycles. The molecule has 98 valence electrons. The van der Waals surface area contributed by atoms with Crippen molar-refractivity contribution in [2.45, 2.75) is 19.9 Å². The summed E-state index contributed by atoms with van der Waals surface area (Å²) in [6.45, 7) is 2.63. The smallest absolute Gasteiger partial charge is 0.236 e. The van der Waals surface area contributed by atoms with E-state index < -0.39 is 0 Å². The van der Waals surface area contributed by atoms with Gasteiger partial charge < -0.3 is 9.73 Å². The lowest BCUT2D eigenvalue weighted by molar-refractivity contribution is 0.574. The first-order chi connectivity index (χ1) is 9.35. The second kappa shape index (κ2) is 5.50. The Morgan fingerprint density at radius 2 is 2.32 bits per heavy atom. The largest absolute Gasteiger partial charge is 0.443 e. The fraction of sp³-hybridized carbons (Fsp3) is 0.250. The van der Waals surface area contributed by atoms with Crippen LogP contribution in [0.25, 0.3) is 10.8 Å². The summed E-state index contributed by atoms with van der Waals surface area (Å²) in [6.07, 6.45) is 2.52. The first-order valence-corrected chi connectivity index (χ1v) is 7.55. The van der Waals surface area contributed by atoms with Gasteiger partial charge in [0.1, 0.15) is 12.1 Å². The fourth-order valence-corrected chi connectivity index (χ4v) is 2.84. The Morgan fingerprint density at radius 3 is 3.05 bits per heavy atom. The summed E-state index contributed by atoms with van der Waals surface area (Å²) in [5, 5.41) is 6.02. The van der Waals surface area contributed by atoms with Crippen molar-refractivity contribution in [3.63, 3.8) is 0 Å². The highest BCUT2D eigenvalue weighted by Gasteiger charge is 2.08. The molecule has 3 rings (SSSR count). The summed E-state index contributed by atoms with van der Waals surface area (Å²) >= 11 is 2.98. The second-order valence-electron chi connectivity index (χ2n) is 3.84. The first-order valence-electron chi connectivity index (χ1n) is 5.90. The van der Waals surface area contributed by atoms with Gasteiger partial charge >= 0.3 is 0 Å². The lowest BCUT2D eigenvalue weighted by atomic mass is 10.4. The molecule has 3 heterocycles. The Morgan fingerprint density at radius 1 is 1.37 bits per heavy atom. The van der Waals surface area contributed by atoms with Gasteiger partial charge in [-0.3, -0.25) is 0 Å². The third-order valence-corrected chi connectivity index (χ3v) is 4.06. The molecule has 0 bridgehead atoms.